The topological polar surface area (TPSA) is 90.6 Å². The van der Waals surface area contributed by atoms with Crippen LogP contribution in [0.15, 0.2) is 42.5 Å². The summed E-state index contributed by atoms with van der Waals surface area (Å²) in [5.41, 5.74) is 7.70. The van der Waals surface area contributed by atoms with Crippen molar-refractivity contribution in [2.45, 2.75) is 32.2 Å². The molecule has 0 bridgehead atoms. The predicted molar refractivity (Wildman–Crippen MR) is 110 cm³/mol. The first kappa shape index (κ1) is 21.6. The number of nitrogens with one attached hydrogen (secondary N) is 1. The zero-order valence-corrected chi connectivity index (χ0v) is 16.8. The summed E-state index contributed by atoms with van der Waals surface area (Å²) in [4.78, 5) is 24.4. The number of hydrogen-bond donors (Lipinski definition) is 2. The first-order valence-corrected chi connectivity index (χ1v) is 9.45. The van der Waals surface area contributed by atoms with Gasteiger partial charge >= 0.3 is 5.97 Å². The lowest BCUT2D eigenvalue weighted by atomic mass is 10.0. The van der Waals surface area contributed by atoms with Crippen LogP contribution >= 0.6 is 11.6 Å². The van der Waals surface area contributed by atoms with Crippen LogP contribution in [0.5, 0.6) is 5.75 Å². The Morgan fingerprint density at radius 2 is 1.89 bits per heavy atom. The SMILES string of the molecule is CCCOc1ccc(C(=O)N[C@H](CC(=O)OC)Cc2ccc(N)cc2)cc1Cl. The van der Waals surface area contributed by atoms with Crippen LogP contribution in [-0.4, -0.2) is 31.6 Å². The fourth-order valence-electron chi connectivity index (χ4n) is 2.64. The predicted octanol–water partition coefficient (Wildman–Crippen LogP) is 3.62. The molecular weight excluding hydrogens is 380 g/mol. The number of halogens is 1. The number of esters is 1. The smallest absolute Gasteiger partial charge is 0.307 e. The third-order valence-electron chi connectivity index (χ3n) is 4.09. The Balaban J connectivity index is 2.11. The van der Waals surface area contributed by atoms with Crippen LogP contribution in [0.25, 0.3) is 0 Å². The van der Waals surface area contributed by atoms with E-state index in [9.17, 15) is 9.59 Å². The van der Waals surface area contributed by atoms with E-state index in [-0.39, 0.29) is 12.3 Å². The van der Waals surface area contributed by atoms with Gasteiger partial charge in [-0.3, -0.25) is 9.59 Å². The van der Waals surface area contributed by atoms with Gasteiger partial charge in [-0.15, -0.1) is 0 Å². The molecule has 0 heterocycles. The van der Waals surface area contributed by atoms with E-state index in [2.05, 4.69) is 5.32 Å². The molecule has 1 amide bonds. The van der Waals surface area contributed by atoms with Gasteiger partial charge in [0.25, 0.3) is 5.91 Å². The molecule has 3 N–H and O–H groups in total. The number of benzene rings is 2. The second-order valence-electron chi connectivity index (χ2n) is 6.39. The van der Waals surface area contributed by atoms with Crippen molar-refractivity contribution in [3.8, 4) is 5.75 Å². The molecule has 2 rings (SSSR count). The van der Waals surface area contributed by atoms with Crippen LogP contribution in [0.1, 0.15) is 35.7 Å². The number of methoxy groups -OCH3 is 1. The summed E-state index contributed by atoms with van der Waals surface area (Å²) in [7, 11) is 1.32. The quantitative estimate of drug-likeness (QED) is 0.492. The van der Waals surface area contributed by atoms with Crippen molar-refractivity contribution >= 4 is 29.2 Å². The average Bonchev–Trinajstić information content (AvgIpc) is 2.68. The molecule has 0 saturated carbocycles. The van der Waals surface area contributed by atoms with Crippen molar-refractivity contribution in [2.24, 2.45) is 0 Å². The number of ether oxygens (including phenoxy) is 2. The lowest BCUT2D eigenvalue weighted by Crippen LogP contribution is -2.38. The number of nitrogen functional groups attached to an aromatic ring is 1. The molecule has 0 aromatic heterocycles. The van der Waals surface area contributed by atoms with Crippen molar-refractivity contribution in [3.63, 3.8) is 0 Å². The normalized spacial score (nSPS) is 11.5. The third-order valence-corrected chi connectivity index (χ3v) is 4.39. The summed E-state index contributed by atoms with van der Waals surface area (Å²) in [6, 6.07) is 11.7. The average molecular weight is 405 g/mol. The van der Waals surface area contributed by atoms with Gasteiger partial charge in [0.05, 0.1) is 25.2 Å². The van der Waals surface area contributed by atoms with Gasteiger partial charge in [0.15, 0.2) is 0 Å². The largest absolute Gasteiger partial charge is 0.492 e. The lowest BCUT2D eigenvalue weighted by molar-refractivity contribution is -0.141. The summed E-state index contributed by atoms with van der Waals surface area (Å²) in [6.07, 6.45) is 1.38. The molecule has 28 heavy (non-hydrogen) atoms. The van der Waals surface area contributed by atoms with Gasteiger partial charge in [-0.1, -0.05) is 30.7 Å². The van der Waals surface area contributed by atoms with Crippen molar-refractivity contribution in [1.82, 2.24) is 5.32 Å². The highest BCUT2D eigenvalue weighted by Crippen LogP contribution is 2.25. The Morgan fingerprint density at radius 1 is 1.18 bits per heavy atom. The summed E-state index contributed by atoms with van der Waals surface area (Å²) in [6.45, 7) is 2.55. The van der Waals surface area contributed by atoms with E-state index < -0.39 is 12.0 Å². The zero-order chi connectivity index (χ0) is 20.5. The molecule has 0 saturated heterocycles. The fraction of sp³-hybridized carbons (Fsp3) is 0.333. The molecule has 0 aliphatic rings. The van der Waals surface area contributed by atoms with Gasteiger partial charge in [0.2, 0.25) is 0 Å². The van der Waals surface area contributed by atoms with Gasteiger partial charge in [-0.05, 0) is 48.7 Å². The van der Waals surface area contributed by atoms with Crippen LogP contribution in [0.2, 0.25) is 5.02 Å². The Morgan fingerprint density at radius 3 is 2.50 bits per heavy atom. The number of carbonyl (C=O) groups excluding carboxylic acids is 2. The number of hydrogen-bond acceptors (Lipinski definition) is 5. The van der Waals surface area contributed by atoms with Gasteiger partial charge in [0, 0.05) is 17.3 Å². The minimum atomic E-state index is -0.432. The minimum absolute atomic E-state index is 0.0536. The molecule has 2 aromatic rings. The Bertz CT molecular complexity index is 809. The summed E-state index contributed by atoms with van der Waals surface area (Å²) < 4.78 is 10.3. The van der Waals surface area contributed by atoms with Crippen LogP contribution < -0.4 is 15.8 Å². The number of anilines is 1. The summed E-state index contributed by atoms with van der Waals surface area (Å²) >= 11 is 6.21. The van der Waals surface area contributed by atoms with Gasteiger partial charge < -0.3 is 20.5 Å². The van der Waals surface area contributed by atoms with Gasteiger partial charge in [-0.25, -0.2) is 0 Å². The van der Waals surface area contributed by atoms with Crippen molar-refractivity contribution in [3.05, 3.63) is 58.6 Å². The minimum Gasteiger partial charge on any atom is -0.492 e. The number of nitrogens with two attached hydrogens (primary N) is 1. The number of amides is 1. The molecule has 0 aliphatic heterocycles. The van der Waals surface area contributed by atoms with E-state index in [1.807, 2.05) is 19.1 Å². The van der Waals surface area contributed by atoms with Crippen LogP contribution in [0.4, 0.5) is 5.69 Å². The molecule has 6 nitrogen and oxygen atoms in total. The third kappa shape index (κ3) is 6.46. The zero-order valence-electron chi connectivity index (χ0n) is 16.0. The van der Waals surface area contributed by atoms with Crippen molar-refractivity contribution < 1.29 is 19.1 Å². The Hall–Kier alpha value is -2.73. The molecule has 0 radical (unpaired) electrons. The molecule has 0 spiro atoms. The van der Waals surface area contributed by atoms with E-state index in [1.54, 1.807) is 30.3 Å². The second kappa shape index (κ2) is 10.6. The van der Waals surface area contributed by atoms with E-state index in [4.69, 9.17) is 26.8 Å². The first-order chi connectivity index (χ1) is 13.4. The van der Waals surface area contributed by atoms with Crippen LogP contribution in [0.3, 0.4) is 0 Å². The highest BCUT2D eigenvalue weighted by atomic mass is 35.5. The highest BCUT2D eigenvalue weighted by molar-refractivity contribution is 6.32. The molecule has 0 aliphatic carbocycles. The molecular formula is C21H25ClN2O4. The number of rotatable bonds is 9. The van der Waals surface area contributed by atoms with E-state index in [0.717, 1.165) is 12.0 Å². The summed E-state index contributed by atoms with van der Waals surface area (Å²) in [5, 5.41) is 3.25. The maximum atomic E-state index is 12.7. The molecule has 2 aromatic carbocycles. The first-order valence-electron chi connectivity index (χ1n) is 9.07. The molecule has 0 fully saturated rings. The van der Waals surface area contributed by atoms with E-state index in [0.29, 0.717) is 35.1 Å². The number of carbonyl (C=O) groups is 2. The molecule has 1 atom stereocenters. The Labute approximate surface area is 170 Å². The van der Waals surface area contributed by atoms with Crippen LogP contribution in [0, 0.1) is 0 Å². The van der Waals surface area contributed by atoms with Crippen LogP contribution in [-0.2, 0) is 16.0 Å². The van der Waals surface area contributed by atoms with Crippen molar-refractivity contribution in [2.75, 3.05) is 19.5 Å². The van der Waals surface area contributed by atoms with E-state index >= 15 is 0 Å². The van der Waals surface area contributed by atoms with E-state index in [1.165, 1.54) is 7.11 Å². The van der Waals surface area contributed by atoms with Crippen molar-refractivity contribution in [1.29, 1.82) is 0 Å². The maximum Gasteiger partial charge on any atom is 0.307 e. The fourth-order valence-corrected chi connectivity index (χ4v) is 2.87. The van der Waals surface area contributed by atoms with Gasteiger partial charge in [-0.2, -0.15) is 0 Å². The monoisotopic (exact) mass is 404 g/mol. The maximum absolute atomic E-state index is 12.7. The summed E-state index contributed by atoms with van der Waals surface area (Å²) in [5.74, 6) is -0.191. The standard InChI is InChI=1S/C21H25ClN2O4/c1-3-10-28-19-9-6-15(12-18(19)22)21(26)24-17(13-20(25)27-2)11-14-4-7-16(23)8-5-14/h4-9,12,17H,3,10-11,13,23H2,1-2H3,(H,24,26)/t17-/m0/s1. The molecule has 7 heteroatoms. The second-order valence-corrected chi connectivity index (χ2v) is 6.80. The van der Waals surface area contributed by atoms with Gasteiger partial charge in [0.1, 0.15) is 5.75 Å². The molecule has 150 valence electrons. The Kier molecular flexibility index (Phi) is 8.14. The molecule has 0 unspecified atom stereocenters. The highest BCUT2D eigenvalue weighted by Gasteiger charge is 2.19. The lowest BCUT2D eigenvalue weighted by Gasteiger charge is -2.18.